The number of amides is 1. The van der Waals surface area contributed by atoms with Gasteiger partial charge in [0.25, 0.3) is 5.91 Å². The molecule has 0 spiro atoms. The predicted octanol–water partition coefficient (Wildman–Crippen LogP) is -0.174. The van der Waals surface area contributed by atoms with E-state index in [1.54, 1.807) is 24.3 Å². The second-order valence-corrected chi connectivity index (χ2v) is 6.26. The van der Waals surface area contributed by atoms with E-state index >= 15 is 0 Å². The van der Waals surface area contributed by atoms with Gasteiger partial charge in [-0.2, -0.15) is 4.31 Å². The number of sulfonamides is 1. The summed E-state index contributed by atoms with van der Waals surface area (Å²) in [6, 6.07) is 6.72. The van der Waals surface area contributed by atoms with Crippen LogP contribution in [-0.4, -0.2) is 30.9 Å². The number of rotatable bonds is 3. The van der Waals surface area contributed by atoms with Crippen molar-refractivity contribution in [3.63, 3.8) is 0 Å². The number of carbonyl (C=O) groups excluding carboxylic acids is 1. The average molecular weight is 269 g/mol. The molecule has 0 radical (unpaired) electrons. The van der Waals surface area contributed by atoms with Crippen LogP contribution in [-0.2, 0) is 16.6 Å². The highest BCUT2D eigenvalue weighted by Gasteiger charge is 2.27. The number of nitrogens with two attached hydrogens (primary N) is 1. The lowest BCUT2D eigenvalue weighted by Crippen LogP contribution is -2.30. The number of nitrogens with one attached hydrogen (secondary N) is 1. The van der Waals surface area contributed by atoms with Gasteiger partial charge in [-0.3, -0.25) is 10.2 Å². The third-order valence-corrected chi connectivity index (χ3v) is 4.81. The number of benzene rings is 1. The normalized spacial score (nSPS) is 18.7. The van der Waals surface area contributed by atoms with Gasteiger partial charge in [-0.15, -0.1) is 0 Å². The molecule has 2 rings (SSSR count). The molecule has 3 N–H and O–H groups in total. The van der Waals surface area contributed by atoms with Crippen molar-refractivity contribution in [3.8, 4) is 0 Å². The minimum Gasteiger partial charge on any atom is -0.290 e. The van der Waals surface area contributed by atoms with Gasteiger partial charge in [0, 0.05) is 18.7 Å². The maximum atomic E-state index is 11.6. The van der Waals surface area contributed by atoms with Crippen LogP contribution in [0.2, 0.25) is 0 Å². The number of hydrogen-bond donors (Lipinski definition) is 2. The summed E-state index contributed by atoms with van der Waals surface area (Å²) in [7, 11) is -3.08. The molecule has 1 amide bonds. The van der Waals surface area contributed by atoms with Crippen molar-refractivity contribution in [2.24, 2.45) is 5.84 Å². The average Bonchev–Trinajstić information content (AvgIpc) is 2.69. The van der Waals surface area contributed by atoms with Crippen LogP contribution in [0.3, 0.4) is 0 Å². The van der Waals surface area contributed by atoms with Crippen molar-refractivity contribution in [3.05, 3.63) is 35.4 Å². The molecule has 6 nitrogen and oxygen atoms in total. The first-order valence-electron chi connectivity index (χ1n) is 5.60. The van der Waals surface area contributed by atoms with E-state index in [1.165, 1.54) is 4.31 Å². The topological polar surface area (TPSA) is 92.5 Å². The third-order valence-electron chi connectivity index (χ3n) is 2.91. The quantitative estimate of drug-likeness (QED) is 0.452. The molecule has 7 heteroatoms. The summed E-state index contributed by atoms with van der Waals surface area (Å²) in [5.74, 6) is 4.88. The van der Waals surface area contributed by atoms with E-state index in [2.05, 4.69) is 0 Å². The van der Waals surface area contributed by atoms with E-state index in [4.69, 9.17) is 5.84 Å². The largest absolute Gasteiger partial charge is 0.290 e. The summed E-state index contributed by atoms with van der Waals surface area (Å²) >= 11 is 0. The Bertz CT molecular complexity index is 539. The lowest BCUT2D eigenvalue weighted by molar-refractivity contribution is 0.0953. The van der Waals surface area contributed by atoms with Gasteiger partial charge in [-0.25, -0.2) is 14.3 Å². The van der Waals surface area contributed by atoms with E-state index < -0.39 is 10.0 Å². The third kappa shape index (κ3) is 2.69. The number of hydrazine groups is 1. The van der Waals surface area contributed by atoms with Crippen molar-refractivity contribution >= 4 is 15.9 Å². The zero-order chi connectivity index (χ0) is 13.2. The van der Waals surface area contributed by atoms with Crippen LogP contribution in [0, 0.1) is 0 Å². The first-order chi connectivity index (χ1) is 8.53. The highest BCUT2D eigenvalue weighted by Crippen LogP contribution is 2.17. The molecule has 1 heterocycles. The van der Waals surface area contributed by atoms with Gasteiger partial charge in [0.2, 0.25) is 10.0 Å². The molecule has 1 aliphatic rings. The summed E-state index contributed by atoms with van der Waals surface area (Å²) in [6.07, 6.45) is 0.677. The molecule has 0 unspecified atom stereocenters. The van der Waals surface area contributed by atoms with Gasteiger partial charge in [0.1, 0.15) is 0 Å². The number of carbonyl (C=O) groups is 1. The summed E-state index contributed by atoms with van der Waals surface area (Å²) in [4.78, 5) is 11.2. The van der Waals surface area contributed by atoms with Gasteiger partial charge in [0.05, 0.1) is 5.75 Å². The van der Waals surface area contributed by atoms with Crippen LogP contribution in [0.25, 0.3) is 0 Å². The van der Waals surface area contributed by atoms with Crippen LogP contribution < -0.4 is 11.3 Å². The Kier molecular flexibility index (Phi) is 3.65. The van der Waals surface area contributed by atoms with Gasteiger partial charge in [-0.05, 0) is 24.1 Å². The molecule has 98 valence electrons. The minimum absolute atomic E-state index is 0.223. The van der Waals surface area contributed by atoms with Crippen LogP contribution in [0.1, 0.15) is 22.3 Å². The van der Waals surface area contributed by atoms with Gasteiger partial charge in [-0.1, -0.05) is 12.1 Å². The Morgan fingerprint density at radius 2 is 2.00 bits per heavy atom. The molecule has 0 saturated carbocycles. The van der Waals surface area contributed by atoms with Crippen LogP contribution in [0.15, 0.2) is 24.3 Å². The fourth-order valence-electron chi connectivity index (χ4n) is 1.92. The molecule has 0 bridgehead atoms. The summed E-state index contributed by atoms with van der Waals surface area (Å²) in [6.45, 7) is 0.917. The highest BCUT2D eigenvalue weighted by molar-refractivity contribution is 7.89. The van der Waals surface area contributed by atoms with Crippen molar-refractivity contribution in [1.29, 1.82) is 0 Å². The smallest absolute Gasteiger partial charge is 0.265 e. The molecule has 0 aliphatic carbocycles. The molecule has 0 aromatic heterocycles. The molecule has 1 aliphatic heterocycles. The first-order valence-corrected chi connectivity index (χ1v) is 7.21. The zero-order valence-corrected chi connectivity index (χ0v) is 10.6. The minimum atomic E-state index is -3.08. The zero-order valence-electron chi connectivity index (χ0n) is 9.80. The van der Waals surface area contributed by atoms with E-state index in [9.17, 15) is 13.2 Å². The Morgan fingerprint density at radius 1 is 1.33 bits per heavy atom. The fraction of sp³-hybridized carbons (Fsp3) is 0.364. The van der Waals surface area contributed by atoms with E-state index in [1.807, 2.05) is 5.43 Å². The number of hydrogen-bond acceptors (Lipinski definition) is 4. The molecule has 1 aromatic carbocycles. The molecular weight excluding hydrogens is 254 g/mol. The van der Waals surface area contributed by atoms with Gasteiger partial charge >= 0.3 is 0 Å². The molecule has 18 heavy (non-hydrogen) atoms. The highest BCUT2D eigenvalue weighted by atomic mass is 32.2. The van der Waals surface area contributed by atoms with E-state index in [-0.39, 0.29) is 11.7 Å². The Morgan fingerprint density at radius 3 is 2.50 bits per heavy atom. The van der Waals surface area contributed by atoms with E-state index in [0.717, 1.165) is 5.56 Å². The molecular formula is C11H15N3O3S. The maximum Gasteiger partial charge on any atom is 0.265 e. The Hall–Kier alpha value is -1.44. The number of nitrogens with zero attached hydrogens (tertiary/aromatic N) is 1. The van der Waals surface area contributed by atoms with Crippen molar-refractivity contribution in [2.45, 2.75) is 13.0 Å². The van der Waals surface area contributed by atoms with Crippen molar-refractivity contribution in [2.75, 3.05) is 12.3 Å². The SMILES string of the molecule is NNC(=O)c1ccc(CN2CCCS2(=O)=O)cc1. The van der Waals surface area contributed by atoms with Crippen molar-refractivity contribution < 1.29 is 13.2 Å². The van der Waals surface area contributed by atoms with Crippen LogP contribution >= 0.6 is 0 Å². The summed E-state index contributed by atoms with van der Waals surface area (Å²) in [5, 5.41) is 0. The first kappa shape index (κ1) is 13.0. The standard InChI is InChI=1S/C11H15N3O3S/c12-13-11(15)10-4-2-9(3-5-10)8-14-6-1-7-18(14,16)17/h2-5H,1,6-8,12H2,(H,13,15). The number of nitrogen functional groups attached to an aromatic ring is 1. The Balaban J connectivity index is 2.09. The molecule has 0 atom stereocenters. The maximum absolute atomic E-state index is 11.6. The second-order valence-electron chi connectivity index (χ2n) is 4.17. The molecule has 1 saturated heterocycles. The lowest BCUT2D eigenvalue weighted by Gasteiger charge is -2.14. The second kappa shape index (κ2) is 5.05. The molecule has 1 fully saturated rings. The summed E-state index contributed by atoms with van der Waals surface area (Å²) < 4.78 is 24.7. The lowest BCUT2D eigenvalue weighted by atomic mass is 10.1. The Labute approximate surface area is 106 Å². The van der Waals surface area contributed by atoms with Gasteiger partial charge in [0.15, 0.2) is 0 Å². The van der Waals surface area contributed by atoms with Crippen molar-refractivity contribution in [1.82, 2.24) is 9.73 Å². The summed E-state index contributed by atoms with van der Waals surface area (Å²) in [5.41, 5.74) is 3.35. The molecule has 1 aromatic rings. The van der Waals surface area contributed by atoms with Gasteiger partial charge < -0.3 is 0 Å². The van der Waals surface area contributed by atoms with E-state index in [0.29, 0.717) is 25.1 Å². The monoisotopic (exact) mass is 269 g/mol. The predicted molar refractivity (Wildman–Crippen MR) is 66.9 cm³/mol. The van der Waals surface area contributed by atoms with Crippen LogP contribution in [0.4, 0.5) is 0 Å². The van der Waals surface area contributed by atoms with Crippen LogP contribution in [0.5, 0.6) is 0 Å². The fourth-order valence-corrected chi connectivity index (χ4v) is 3.42.